The molecule has 0 aliphatic heterocycles. The van der Waals surface area contributed by atoms with E-state index in [9.17, 15) is 0 Å². The molecule has 0 amide bonds. The predicted molar refractivity (Wildman–Crippen MR) is 146 cm³/mol. The maximum atomic E-state index is 5.09. The molecule has 0 saturated heterocycles. The quantitative estimate of drug-likeness (QED) is 0.336. The van der Waals surface area contributed by atoms with E-state index in [2.05, 4.69) is 134 Å². The molecule has 4 aromatic carbocycles. The Hall–Kier alpha value is -2.90. The van der Waals surface area contributed by atoms with Crippen molar-refractivity contribution in [3.63, 3.8) is 0 Å². The zero-order valence-corrected chi connectivity index (χ0v) is 21.6. The minimum atomic E-state index is -1.87. The standard InChI is InChI=1S/C29H26N2P.2ClH/c1-31-22-27(23-14-6-3-7-15-23)30-29(31)26-20-12-13-21-28(26)32(2,24-16-8-4-9-17-24)25-18-10-5-11-19-25;;/h3-22H,1-2H3;2*1H/q+1;;/p-1. The third-order valence-electron chi connectivity index (χ3n) is 6.12. The van der Waals surface area contributed by atoms with Gasteiger partial charge in [-0.25, -0.2) is 4.98 Å². The first kappa shape index (κ1) is 25.7. The second-order valence-electron chi connectivity index (χ2n) is 8.12. The Morgan fingerprint density at radius 2 is 1.12 bits per heavy atom. The predicted octanol–water partition coefficient (Wildman–Crippen LogP) is 3.10. The van der Waals surface area contributed by atoms with Gasteiger partial charge in [0.25, 0.3) is 0 Å². The monoisotopic (exact) mass is 504 g/mol. The van der Waals surface area contributed by atoms with Crippen molar-refractivity contribution in [2.45, 2.75) is 0 Å². The summed E-state index contributed by atoms with van der Waals surface area (Å²) in [6.07, 6.45) is 2.13. The van der Waals surface area contributed by atoms with Gasteiger partial charge in [0.05, 0.1) is 17.9 Å². The maximum absolute atomic E-state index is 5.09. The van der Waals surface area contributed by atoms with Crippen LogP contribution in [0.2, 0.25) is 0 Å². The lowest BCUT2D eigenvalue weighted by Crippen LogP contribution is -3.00. The van der Waals surface area contributed by atoms with Crippen molar-refractivity contribution in [1.82, 2.24) is 9.55 Å². The molecule has 1 heterocycles. The molecule has 0 spiro atoms. The fourth-order valence-corrected chi connectivity index (χ4v) is 7.83. The number of halogens is 2. The summed E-state index contributed by atoms with van der Waals surface area (Å²) in [5, 5.41) is 4.10. The van der Waals surface area contributed by atoms with Crippen LogP contribution in [0.15, 0.2) is 121 Å². The summed E-state index contributed by atoms with van der Waals surface area (Å²) in [6.45, 7) is 2.43. The molecule has 0 unspecified atom stereocenters. The van der Waals surface area contributed by atoms with Crippen LogP contribution in [0.4, 0.5) is 0 Å². The lowest BCUT2D eigenvalue weighted by Gasteiger charge is -2.25. The molecule has 1 aromatic heterocycles. The highest BCUT2D eigenvalue weighted by molar-refractivity contribution is 7.95. The Labute approximate surface area is 214 Å². The zero-order chi connectivity index (χ0) is 22.0. The van der Waals surface area contributed by atoms with Gasteiger partial charge in [0.15, 0.2) is 0 Å². The van der Waals surface area contributed by atoms with Gasteiger partial charge in [0.1, 0.15) is 29.0 Å². The molecule has 0 aliphatic carbocycles. The summed E-state index contributed by atoms with van der Waals surface area (Å²) in [6, 6.07) is 41.0. The fraction of sp³-hybridized carbons (Fsp3) is 0.0690. The Morgan fingerprint density at radius 3 is 1.68 bits per heavy atom. The number of rotatable bonds is 5. The number of aromatic nitrogens is 2. The van der Waals surface area contributed by atoms with Gasteiger partial charge in [-0.15, -0.1) is 12.4 Å². The number of nitrogens with zero attached hydrogens (tertiary/aromatic N) is 2. The van der Waals surface area contributed by atoms with Crippen molar-refractivity contribution >= 4 is 35.6 Å². The molecule has 2 nitrogen and oxygen atoms in total. The number of benzene rings is 4. The van der Waals surface area contributed by atoms with Crippen LogP contribution < -0.4 is 28.3 Å². The van der Waals surface area contributed by atoms with Gasteiger partial charge in [-0.1, -0.05) is 78.9 Å². The second-order valence-corrected chi connectivity index (χ2v) is 11.6. The molecule has 5 rings (SSSR count). The molecule has 0 N–H and O–H groups in total. The van der Waals surface area contributed by atoms with Crippen LogP contribution >= 0.6 is 19.7 Å². The summed E-state index contributed by atoms with van der Waals surface area (Å²) in [5.74, 6) is 0.998. The van der Waals surface area contributed by atoms with E-state index in [0.717, 1.165) is 17.1 Å². The van der Waals surface area contributed by atoms with Crippen molar-refractivity contribution in [1.29, 1.82) is 0 Å². The lowest BCUT2D eigenvalue weighted by atomic mass is 10.2. The summed E-state index contributed by atoms with van der Waals surface area (Å²) >= 11 is 0. The molecule has 0 saturated carbocycles. The topological polar surface area (TPSA) is 17.8 Å². The van der Waals surface area contributed by atoms with Crippen LogP contribution in [-0.4, -0.2) is 16.2 Å². The second kappa shape index (κ2) is 11.0. The van der Waals surface area contributed by atoms with Crippen LogP contribution in [0, 0.1) is 0 Å². The first-order valence-electron chi connectivity index (χ1n) is 10.8. The van der Waals surface area contributed by atoms with Crippen LogP contribution in [-0.2, 0) is 7.05 Å². The van der Waals surface area contributed by atoms with Crippen LogP contribution in [0.25, 0.3) is 22.6 Å². The Kier molecular flexibility index (Phi) is 8.33. The summed E-state index contributed by atoms with van der Waals surface area (Å²) in [4.78, 5) is 5.09. The average Bonchev–Trinajstić information content (AvgIpc) is 3.26. The van der Waals surface area contributed by atoms with E-state index in [4.69, 9.17) is 4.98 Å². The van der Waals surface area contributed by atoms with Crippen LogP contribution in [0.1, 0.15) is 0 Å². The van der Waals surface area contributed by atoms with Crippen molar-refractivity contribution < 1.29 is 12.4 Å². The number of hydrogen-bond acceptors (Lipinski definition) is 1. The molecular weight excluding hydrogens is 478 g/mol. The van der Waals surface area contributed by atoms with Gasteiger partial charge in [-0.05, 0) is 36.4 Å². The van der Waals surface area contributed by atoms with Crippen molar-refractivity contribution in [2.24, 2.45) is 7.05 Å². The Morgan fingerprint density at radius 1 is 0.647 bits per heavy atom. The molecule has 0 atom stereocenters. The first-order chi connectivity index (χ1) is 15.7. The highest BCUT2D eigenvalue weighted by Crippen LogP contribution is 2.53. The SMILES string of the molecule is Cl.Cn1cc(-c2ccccc2)nc1-c1ccccc1[P+](C)(c1ccccc1)c1ccccc1.[Cl-]. The number of imidazole rings is 1. The third-order valence-corrected chi connectivity index (χ3v) is 10.1. The molecule has 34 heavy (non-hydrogen) atoms. The molecule has 0 bridgehead atoms. The van der Waals surface area contributed by atoms with E-state index in [0.29, 0.717) is 0 Å². The molecule has 0 fully saturated rings. The highest BCUT2D eigenvalue weighted by Gasteiger charge is 2.42. The smallest absolute Gasteiger partial charge is 0.144 e. The summed E-state index contributed by atoms with van der Waals surface area (Å²) in [7, 11) is 0.224. The van der Waals surface area contributed by atoms with Crippen LogP contribution in [0.5, 0.6) is 0 Å². The van der Waals surface area contributed by atoms with Crippen molar-refractivity contribution in [3.8, 4) is 22.6 Å². The normalized spacial score (nSPS) is 10.8. The number of hydrogen-bond donors (Lipinski definition) is 0. The number of aryl methyl sites for hydroxylation is 1. The Balaban J connectivity index is 0.00000162. The van der Waals surface area contributed by atoms with Gasteiger partial charge >= 0.3 is 0 Å². The molecule has 172 valence electrons. The van der Waals surface area contributed by atoms with Gasteiger partial charge < -0.3 is 17.0 Å². The van der Waals surface area contributed by atoms with Crippen molar-refractivity contribution in [3.05, 3.63) is 121 Å². The largest absolute Gasteiger partial charge is 1.00 e. The fourth-order valence-electron chi connectivity index (χ4n) is 4.40. The third kappa shape index (κ3) is 4.68. The van der Waals surface area contributed by atoms with Gasteiger partial charge in [-0.3, -0.25) is 0 Å². The minimum Gasteiger partial charge on any atom is -1.00 e. The molecule has 5 heteroatoms. The maximum Gasteiger partial charge on any atom is 0.144 e. The van der Waals surface area contributed by atoms with Gasteiger partial charge in [0, 0.05) is 18.8 Å². The average molecular weight is 505 g/mol. The van der Waals surface area contributed by atoms with E-state index in [-0.39, 0.29) is 24.8 Å². The summed E-state index contributed by atoms with van der Waals surface area (Å²) in [5.41, 5.74) is 3.33. The van der Waals surface area contributed by atoms with E-state index in [1.807, 2.05) is 6.07 Å². The van der Waals surface area contributed by atoms with E-state index >= 15 is 0 Å². The molecular formula is C29H27Cl2N2P. The van der Waals surface area contributed by atoms with Gasteiger partial charge in [-0.2, -0.15) is 0 Å². The highest BCUT2D eigenvalue weighted by atomic mass is 35.5. The van der Waals surface area contributed by atoms with Crippen LogP contribution in [0.3, 0.4) is 0 Å². The molecule has 5 aromatic rings. The van der Waals surface area contributed by atoms with Crippen molar-refractivity contribution in [2.75, 3.05) is 6.66 Å². The van der Waals surface area contributed by atoms with Gasteiger partial charge in [0.2, 0.25) is 0 Å². The molecule has 0 aliphatic rings. The van der Waals surface area contributed by atoms with E-state index in [1.165, 1.54) is 21.5 Å². The molecule has 0 radical (unpaired) electrons. The summed E-state index contributed by atoms with van der Waals surface area (Å²) < 4.78 is 2.15. The first-order valence-corrected chi connectivity index (χ1v) is 13.1. The lowest BCUT2D eigenvalue weighted by molar-refractivity contribution is -0.00000650. The van der Waals surface area contributed by atoms with E-state index < -0.39 is 7.26 Å². The van der Waals surface area contributed by atoms with E-state index in [1.54, 1.807) is 0 Å². The zero-order valence-electron chi connectivity index (χ0n) is 19.2. The Bertz CT molecular complexity index is 1300. The minimum absolute atomic E-state index is 0.